The highest BCUT2D eigenvalue weighted by Crippen LogP contribution is 2.26. The number of aryl methyl sites for hydroxylation is 1. The summed E-state index contributed by atoms with van der Waals surface area (Å²) in [6.07, 6.45) is 2.77. The number of likely N-dealkylation sites (N-methyl/N-ethyl adjacent to an activating group) is 1. The van der Waals surface area contributed by atoms with Crippen molar-refractivity contribution >= 4 is 5.91 Å². The molecule has 20 heavy (non-hydrogen) atoms. The molecule has 0 bridgehead atoms. The predicted octanol–water partition coefficient (Wildman–Crippen LogP) is 1.22. The monoisotopic (exact) mass is 276 g/mol. The maximum absolute atomic E-state index is 12.5. The number of benzene rings is 1. The van der Waals surface area contributed by atoms with Gasteiger partial charge in [-0.05, 0) is 30.4 Å². The van der Waals surface area contributed by atoms with Crippen LogP contribution in [0.15, 0.2) is 24.3 Å². The number of hydrogen-bond donors (Lipinski definition) is 1. The molecule has 1 aromatic carbocycles. The number of fused-ring (bicyclic) bond motifs is 1. The predicted molar refractivity (Wildman–Crippen MR) is 79.4 cm³/mol. The molecule has 0 aliphatic heterocycles. The van der Waals surface area contributed by atoms with E-state index in [1.54, 1.807) is 12.0 Å². The van der Waals surface area contributed by atoms with E-state index in [-0.39, 0.29) is 17.9 Å². The maximum Gasteiger partial charge on any atom is 0.225 e. The fraction of sp³-hybridized carbons (Fsp3) is 0.562. The van der Waals surface area contributed by atoms with Crippen molar-refractivity contribution in [3.63, 3.8) is 0 Å². The largest absolute Gasteiger partial charge is 0.383 e. The minimum Gasteiger partial charge on any atom is -0.383 e. The molecule has 2 unspecified atom stereocenters. The number of carbonyl (C=O) groups is 1. The van der Waals surface area contributed by atoms with Gasteiger partial charge >= 0.3 is 0 Å². The molecule has 4 heteroatoms. The van der Waals surface area contributed by atoms with Crippen molar-refractivity contribution in [3.8, 4) is 0 Å². The second-order valence-electron chi connectivity index (χ2n) is 5.64. The summed E-state index contributed by atoms with van der Waals surface area (Å²) in [6.45, 7) is 1.02. The third-order valence-electron chi connectivity index (χ3n) is 3.96. The Morgan fingerprint density at radius 1 is 1.45 bits per heavy atom. The van der Waals surface area contributed by atoms with Gasteiger partial charge in [0.05, 0.1) is 6.61 Å². The Balaban J connectivity index is 1.94. The van der Waals surface area contributed by atoms with Crippen molar-refractivity contribution < 1.29 is 9.53 Å². The lowest BCUT2D eigenvalue weighted by molar-refractivity contribution is -0.134. The van der Waals surface area contributed by atoms with Gasteiger partial charge in [0.25, 0.3) is 0 Å². The van der Waals surface area contributed by atoms with Crippen molar-refractivity contribution in [3.05, 3.63) is 35.4 Å². The smallest absolute Gasteiger partial charge is 0.225 e. The van der Waals surface area contributed by atoms with Gasteiger partial charge in [-0.1, -0.05) is 24.3 Å². The van der Waals surface area contributed by atoms with Crippen LogP contribution < -0.4 is 5.73 Å². The summed E-state index contributed by atoms with van der Waals surface area (Å²) >= 11 is 0. The number of amides is 1. The highest BCUT2D eigenvalue weighted by molar-refractivity contribution is 5.79. The Kier molecular flexibility index (Phi) is 5.15. The average molecular weight is 276 g/mol. The summed E-state index contributed by atoms with van der Waals surface area (Å²) in [5.74, 6) is 0.288. The highest BCUT2D eigenvalue weighted by atomic mass is 16.5. The lowest BCUT2D eigenvalue weighted by Gasteiger charge is -2.29. The molecule has 1 aliphatic rings. The zero-order chi connectivity index (χ0) is 14.5. The van der Waals surface area contributed by atoms with Crippen LogP contribution in [-0.4, -0.2) is 44.2 Å². The van der Waals surface area contributed by atoms with Crippen molar-refractivity contribution in [1.82, 2.24) is 4.90 Å². The quantitative estimate of drug-likeness (QED) is 0.880. The van der Waals surface area contributed by atoms with Crippen molar-refractivity contribution in [2.75, 3.05) is 27.3 Å². The summed E-state index contributed by atoms with van der Waals surface area (Å²) in [7, 11) is 3.46. The van der Waals surface area contributed by atoms with Gasteiger partial charge in [0.1, 0.15) is 0 Å². The number of methoxy groups -OCH3 is 1. The van der Waals surface area contributed by atoms with Crippen LogP contribution in [0.2, 0.25) is 0 Å². The van der Waals surface area contributed by atoms with E-state index in [1.807, 2.05) is 13.1 Å². The topological polar surface area (TPSA) is 55.6 Å². The molecule has 0 saturated carbocycles. The van der Waals surface area contributed by atoms with Crippen molar-refractivity contribution in [2.45, 2.75) is 25.3 Å². The summed E-state index contributed by atoms with van der Waals surface area (Å²) in [6, 6.07) is 8.28. The van der Waals surface area contributed by atoms with Crippen molar-refractivity contribution in [2.24, 2.45) is 11.7 Å². The van der Waals surface area contributed by atoms with E-state index in [2.05, 4.69) is 18.2 Å². The van der Waals surface area contributed by atoms with E-state index < -0.39 is 0 Å². The van der Waals surface area contributed by atoms with Crippen LogP contribution in [0.4, 0.5) is 0 Å². The van der Waals surface area contributed by atoms with Gasteiger partial charge in [0.2, 0.25) is 5.91 Å². The fourth-order valence-corrected chi connectivity index (χ4v) is 2.93. The van der Waals surface area contributed by atoms with Gasteiger partial charge in [-0.15, -0.1) is 0 Å². The Bertz CT molecular complexity index is 462. The van der Waals surface area contributed by atoms with Crippen LogP contribution in [-0.2, 0) is 22.4 Å². The molecule has 0 spiro atoms. The summed E-state index contributed by atoms with van der Waals surface area (Å²) in [5.41, 5.74) is 8.61. The first kappa shape index (κ1) is 15.0. The molecule has 0 fully saturated rings. The van der Waals surface area contributed by atoms with E-state index in [1.165, 1.54) is 11.1 Å². The van der Waals surface area contributed by atoms with Crippen molar-refractivity contribution in [1.29, 1.82) is 0 Å². The molecule has 0 radical (unpaired) electrons. The standard InChI is InChI=1S/C16H24N2O2/c1-18(10-15(17)11-20-2)16(19)14-8-7-12-5-3-4-6-13(12)9-14/h3-6,14-15H,7-11,17H2,1-2H3. The van der Waals surface area contributed by atoms with E-state index in [0.717, 1.165) is 19.3 Å². The minimum atomic E-state index is -0.121. The first-order valence-electron chi connectivity index (χ1n) is 7.18. The second-order valence-corrected chi connectivity index (χ2v) is 5.64. The second kappa shape index (κ2) is 6.86. The number of rotatable bonds is 5. The number of nitrogens with zero attached hydrogens (tertiary/aromatic N) is 1. The van der Waals surface area contributed by atoms with Gasteiger partial charge in [-0.2, -0.15) is 0 Å². The normalized spacial score (nSPS) is 19.2. The van der Waals surface area contributed by atoms with Crippen LogP contribution in [0, 0.1) is 5.92 Å². The molecule has 2 atom stereocenters. The van der Waals surface area contributed by atoms with E-state index >= 15 is 0 Å². The molecule has 0 heterocycles. The molecule has 2 rings (SSSR count). The molecular formula is C16H24N2O2. The Morgan fingerprint density at radius 2 is 2.15 bits per heavy atom. The number of carbonyl (C=O) groups excluding carboxylic acids is 1. The van der Waals surface area contributed by atoms with E-state index in [9.17, 15) is 4.79 Å². The number of nitrogens with two attached hydrogens (primary N) is 1. The third-order valence-corrected chi connectivity index (χ3v) is 3.96. The lowest BCUT2D eigenvalue weighted by Crippen LogP contribution is -2.44. The summed E-state index contributed by atoms with van der Waals surface area (Å²) < 4.78 is 5.01. The van der Waals surface area contributed by atoms with Gasteiger partial charge in [0.15, 0.2) is 0 Å². The first-order valence-corrected chi connectivity index (χ1v) is 7.18. The van der Waals surface area contributed by atoms with Gasteiger partial charge in [0, 0.05) is 32.7 Å². The summed E-state index contributed by atoms with van der Waals surface area (Å²) in [4.78, 5) is 14.2. The number of ether oxygens (including phenoxy) is 1. The first-order chi connectivity index (χ1) is 9.61. The van der Waals surface area contributed by atoms with Crippen LogP contribution in [0.25, 0.3) is 0 Å². The molecule has 110 valence electrons. The molecule has 1 amide bonds. The Labute approximate surface area is 120 Å². The average Bonchev–Trinajstić information content (AvgIpc) is 2.46. The molecular weight excluding hydrogens is 252 g/mol. The van der Waals surface area contributed by atoms with Crippen LogP contribution in [0.3, 0.4) is 0 Å². The highest BCUT2D eigenvalue weighted by Gasteiger charge is 2.27. The molecule has 2 N–H and O–H groups in total. The Morgan fingerprint density at radius 3 is 2.85 bits per heavy atom. The van der Waals surface area contributed by atoms with E-state index in [0.29, 0.717) is 13.2 Å². The SMILES string of the molecule is COCC(N)CN(C)C(=O)C1CCc2ccccc2C1. The molecule has 1 aliphatic carbocycles. The minimum absolute atomic E-state index is 0.0876. The van der Waals surface area contributed by atoms with Gasteiger partial charge in [-0.3, -0.25) is 4.79 Å². The molecule has 0 saturated heterocycles. The fourth-order valence-electron chi connectivity index (χ4n) is 2.93. The molecule has 0 aromatic heterocycles. The molecule has 4 nitrogen and oxygen atoms in total. The van der Waals surface area contributed by atoms with Gasteiger partial charge < -0.3 is 15.4 Å². The zero-order valence-corrected chi connectivity index (χ0v) is 12.3. The number of hydrogen-bond acceptors (Lipinski definition) is 3. The maximum atomic E-state index is 12.5. The van der Waals surface area contributed by atoms with E-state index in [4.69, 9.17) is 10.5 Å². The Hall–Kier alpha value is -1.39. The van der Waals surface area contributed by atoms with Crippen LogP contribution in [0.5, 0.6) is 0 Å². The summed E-state index contributed by atoms with van der Waals surface area (Å²) in [5, 5.41) is 0. The third kappa shape index (κ3) is 3.58. The van der Waals surface area contributed by atoms with Crippen LogP contribution in [0.1, 0.15) is 17.5 Å². The molecule has 1 aromatic rings. The van der Waals surface area contributed by atoms with Crippen LogP contribution >= 0.6 is 0 Å². The lowest BCUT2D eigenvalue weighted by atomic mass is 9.83. The zero-order valence-electron chi connectivity index (χ0n) is 12.3. The van der Waals surface area contributed by atoms with Gasteiger partial charge in [-0.25, -0.2) is 0 Å².